The van der Waals surface area contributed by atoms with Crippen LogP contribution in [-0.2, 0) is 10.8 Å². The number of nitrogens with zero attached hydrogens (tertiary/aromatic N) is 2. The lowest BCUT2D eigenvalue weighted by Gasteiger charge is -2.02. The molecule has 0 N–H and O–H groups in total. The van der Waals surface area contributed by atoms with Crippen LogP contribution < -0.4 is 0 Å². The maximum atomic E-state index is 12.2. The molecule has 7 nitrogen and oxygen atoms in total. The first-order valence-electron chi connectivity index (χ1n) is 5.40. The molecule has 0 amide bonds. The van der Waals surface area contributed by atoms with Gasteiger partial charge < -0.3 is 0 Å². The Bertz CT molecular complexity index is 622. The minimum absolute atomic E-state index is 0.0885. The van der Waals surface area contributed by atoms with E-state index in [-0.39, 0.29) is 11.4 Å². The molecule has 0 aliphatic rings. The minimum atomic E-state index is -1.53. The SMILES string of the molecule is O=[N+]([O-])c1ccc(S(=O)c2ccc([N+](=O)[O-])cc2)cc1. The summed E-state index contributed by atoms with van der Waals surface area (Å²) in [5.74, 6) is 0. The van der Waals surface area contributed by atoms with Gasteiger partial charge in [-0.2, -0.15) is 0 Å². The van der Waals surface area contributed by atoms with Gasteiger partial charge in [-0.25, -0.2) is 4.21 Å². The van der Waals surface area contributed by atoms with Crippen LogP contribution in [0.4, 0.5) is 11.4 Å². The van der Waals surface area contributed by atoms with Crippen LogP contribution >= 0.6 is 0 Å². The normalized spacial score (nSPS) is 10.4. The van der Waals surface area contributed by atoms with E-state index in [4.69, 9.17) is 0 Å². The molecule has 0 unspecified atom stereocenters. The largest absolute Gasteiger partial charge is 0.269 e. The van der Waals surface area contributed by atoms with Crippen molar-refractivity contribution in [3.63, 3.8) is 0 Å². The van der Waals surface area contributed by atoms with Crippen LogP contribution in [0.2, 0.25) is 0 Å². The maximum absolute atomic E-state index is 12.2. The topological polar surface area (TPSA) is 103 Å². The van der Waals surface area contributed by atoms with Gasteiger partial charge in [0.1, 0.15) is 0 Å². The standard InChI is InChI=1S/C12H8N2O5S/c15-13(16)9-1-5-11(6-2-9)20(19)12-7-3-10(4-8-12)14(17)18/h1-8H. The number of non-ortho nitro benzene ring substituents is 2. The second kappa shape index (κ2) is 5.57. The van der Waals surface area contributed by atoms with Gasteiger partial charge >= 0.3 is 0 Å². The van der Waals surface area contributed by atoms with E-state index in [9.17, 15) is 24.4 Å². The number of hydrogen-bond acceptors (Lipinski definition) is 5. The summed E-state index contributed by atoms with van der Waals surface area (Å²) in [7, 11) is -1.53. The number of hydrogen-bond donors (Lipinski definition) is 0. The Balaban J connectivity index is 2.26. The molecule has 0 spiro atoms. The average Bonchev–Trinajstić information content (AvgIpc) is 2.46. The first kappa shape index (κ1) is 13.8. The molecule has 0 aliphatic heterocycles. The third-order valence-corrected chi connectivity index (χ3v) is 3.92. The summed E-state index contributed by atoms with van der Waals surface area (Å²) in [6.45, 7) is 0. The summed E-state index contributed by atoms with van der Waals surface area (Å²) in [6, 6.07) is 10.6. The van der Waals surface area contributed by atoms with Crippen molar-refractivity contribution in [1.29, 1.82) is 0 Å². The van der Waals surface area contributed by atoms with E-state index in [1.54, 1.807) is 0 Å². The minimum Gasteiger partial charge on any atom is -0.258 e. The summed E-state index contributed by atoms with van der Waals surface area (Å²) < 4.78 is 12.2. The monoisotopic (exact) mass is 292 g/mol. The number of benzene rings is 2. The highest BCUT2D eigenvalue weighted by Crippen LogP contribution is 2.21. The Hall–Kier alpha value is -2.61. The Labute approximate surface area is 115 Å². The second-order valence-corrected chi connectivity index (χ2v) is 5.25. The highest BCUT2D eigenvalue weighted by atomic mass is 32.2. The molecular formula is C12H8N2O5S. The van der Waals surface area contributed by atoms with E-state index in [0.717, 1.165) is 0 Å². The fourth-order valence-electron chi connectivity index (χ4n) is 1.52. The molecule has 0 saturated heterocycles. The quantitative estimate of drug-likeness (QED) is 0.636. The van der Waals surface area contributed by atoms with Gasteiger partial charge in [-0.05, 0) is 24.3 Å². The van der Waals surface area contributed by atoms with Crippen LogP contribution in [0.15, 0.2) is 58.3 Å². The first-order chi connectivity index (χ1) is 9.49. The highest BCUT2D eigenvalue weighted by molar-refractivity contribution is 7.85. The summed E-state index contributed by atoms with van der Waals surface area (Å²) in [6.07, 6.45) is 0. The van der Waals surface area contributed by atoms with Gasteiger partial charge in [-0.1, -0.05) is 0 Å². The molecule has 0 bridgehead atoms. The molecule has 2 aromatic carbocycles. The lowest BCUT2D eigenvalue weighted by molar-refractivity contribution is -0.385. The average molecular weight is 292 g/mol. The maximum Gasteiger partial charge on any atom is 0.269 e. The molecule has 2 aromatic rings. The van der Waals surface area contributed by atoms with Crippen LogP contribution in [0.25, 0.3) is 0 Å². The van der Waals surface area contributed by atoms with Crippen molar-refractivity contribution in [2.75, 3.05) is 0 Å². The van der Waals surface area contributed by atoms with E-state index in [1.165, 1.54) is 48.5 Å². The van der Waals surface area contributed by atoms with Crippen LogP contribution in [0.1, 0.15) is 0 Å². The van der Waals surface area contributed by atoms with Gasteiger partial charge in [0.15, 0.2) is 0 Å². The van der Waals surface area contributed by atoms with Crippen molar-refractivity contribution >= 4 is 22.2 Å². The molecule has 2 rings (SSSR count). The number of nitro groups is 2. The van der Waals surface area contributed by atoms with Gasteiger partial charge in [0.2, 0.25) is 0 Å². The Morgan fingerprint density at radius 1 is 0.700 bits per heavy atom. The van der Waals surface area contributed by atoms with E-state index >= 15 is 0 Å². The van der Waals surface area contributed by atoms with Gasteiger partial charge in [0.05, 0.1) is 20.6 Å². The summed E-state index contributed by atoms with van der Waals surface area (Å²) in [5, 5.41) is 21.0. The van der Waals surface area contributed by atoms with E-state index in [0.29, 0.717) is 9.79 Å². The van der Waals surface area contributed by atoms with Gasteiger partial charge in [0.25, 0.3) is 11.4 Å². The molecule has 0 saturated carbocycles. The van der Waals surface area contributed by atoms with E-state index < -0.39 is 20.6 Å². The second-order valence-electron chi connectivity index (χ2n) is 3.77. The van der Waals surface area contributed by atoms with Crippen molar-refractivity contribution < 1.29 is 14.1 Å². The zero-order valence-corrected chi connectivity index (χ0v) is 10.8. The third kappa shape index (κ3) is 2.86. The fraction of sp³-hybridized carbons (Fsp3) is 0. The van der Waals surface area contributed by atoms with Crippen molar-refractivity contribution in [1.82, 2.24) is 0 Å². The van der Waals surface area contributed by atoms with E-state index in [1.807, 2.05) is 0 Å². The molecule has 8 heteroatoms. The Morgan fingerprint density at radius 2 is 1.00 bits per heavy atom. The summed E-state index contributed by atoms with van der Waals surface area (Å²) in [5.41, 5.74) is -0.177. The zero-order chi connectivity index (χ0) is 14.7. The molecule has 102 valence electrons. The molecular weight excluding hydrogens is 284 g/mol. The fourth-order valence-corrected chi connectivity index (χ4v) is 2.56. The lowest BCUT2D eigenvalue weighted by atomic mass is 10.3. The van der Waals surface area contributed by atoms with Gasteiger partial charge in [-0.3, -0.25) is 20.2 Å². The summed E-state index contributed by atoms with van der Waals surface area (Å²) in [4.78, 5) is 20.7. The zero-order valence-electron chi connectivity index (χ0n) is 9.96. The first-order valence-corrected chi connectivity index (χ1v) is 6.54. The lowest BCUT2D eigenvalue weighted by Crippen LogP contribution is -1.95. The van der Waals surface area contributed by atoms with Gasteiger partial charge in [-0.15, -0.1) is 0 Å². The number of nitro benzene ring substituents is 2. The van der Waals surface area contributed by atoms with Crippen molar-refractivity contribution in [2.45, 2.75) is 9.79 Å². The highest BCUT2D eigenvalue weighted by Gasteiger charge is 2.12. The molecule has 0 fully saturated rings. The molecule has 0 aliphatic carbocycles. The van der Waals surface area contributed by atoms with Crippen molar-refractivity contribution in [3.05, 3.63) is 68.8 Å². The predicted octanol–water partition coefficient (Wildman–Crippen LogP) is 2.67. The van der Waals surface area contributed by atoms with Crippen LogP contribution in [0, 0.1) is 20.2 Å². The molecule has 20 heavy (non-hydrogen) atoms. The van der Waals surface area contributed by atoms with Crippen LogP contribution in [-0.4, -0.2) is 14.1 Å². The summed E-state index contributed by atoms with van der Waals surface area (Å²) >= 11 is 0. The molecule has 0 heterocycles. The van der Waals surface area contributed by atoms with Crippen molar-refractivity contribution in [3.8, 4) is 0 Å². The smallest absolute Gasteiger partial charge is 0.258 e. The van der Waals surface area contributed by atoms with Crippen LogP contribution in [0.5, 0.6) is 0 Å². The van der Waals surface area contributed by atoms with Crippen molar-refractivity contribution in [2.24, 2.45) is 0 Å². The molecule has 0 aromatic heterocycles. The predicted molar refractivity (Wildman–Crippen MR) is 70.9 cm³/mol. The Morgan fingerprint density at radius 3 is 1.25 bits per heavy atom. The Kier molecular flexibility index (Phi) is 3.85. The van der Waals surface area contributed by atoms with Gasteiger partial charge in [0, 0.05) is 34.1 Å². The van der Waals surface area contributed by atoms with Crippen LogP contribution in [0.3, 0.4) is 0 Å². The molecule has 0 atom stereocenters. The van der Waals surface area contributed by atoms with E-state index in [2.05, 4.69) is 0 Å². The molecule has 0 radical (unpaired) electrons. The third-order valence-electron chi connectivity index (χ3n) is 2.52. The number of rotatable bonds is 4.